The van der Waals surface area contributed by atoms with E-state index in [9.17, 15) is 4.79 Å². The Labute approximate surface area is 140 Å². The first-order valence-electron chi connectivity index (χ1n) is 7.68. The lowest BCUT2D eigenvalue weighted by atomic mass is 9.73. The lowest BCUT2D eigenvalue weighted by Crippen LogP contribution is -2.49. The number of methoxy groups -OCH3 is 1. The summed E-state index contributed by atoms with van der Waals surface area (Å²) in [5.74, 6) is 0.185. The molecule has 0 atom stereocenters. The minimum absolute atomic E-state index is 0.185. The molecule has 0 aliphatic carbocycles. The number of ether oxygens (including phenoxy) is 2. The third-order valence-corrected chi connectivity index (χ3v) is 4.81. The van der Waals surface area contributed by atoms with Crippen LogP contribution in [-0.4, -0.2) is 51.3 Å². The van der Waals surface area contributed by atoms with Crippen molar-refractivity contribution in [2.45, 2.75) is 24.7 Å². The zero-order valence-corrected chi connectivity index (χ0v) is 14.9. The van der Waals surface area contributed by atoms with Crippen LogP contribution in [0.25, 0.3) is 0 Å². The predicted molar refractivity (Wildman–Crippen MR) is 90.0 cm³/mol. The van der Waals surface area contributed by atoms with Crippen molar-refractivity contribution >= 4 is 21.8 Å². The van der Waals surface area contributed by atoms with E-state index in [1.54, 1.807) is 7.11 Å². The summed E-state index contributed by atoms with van der Waals surface area (Å²) in [5, 5.41) is 0. The van der Waals surface area contributed by atoms with Crippen LogP contribution in [0.5, 0.6) is 0 Å². The SMILES string of the molecule is COCCCN(C)C(=O)C1(c2cccc(Br)c2)CCOCC1. The highest BCUT2D eigenvalue weighted by atomic mass is 79.9. The summed E-state index contributed by atoms with van der Waals surface area (Å²) in [6.07, 6.45) is 2.32. The molecule has 4 nitrogen and oxygen atoms in total. The number of nitrogens with zero attached hydrogens (tertiary/aromatic N) is 1. The Morgan fingerprint density at radius 3 is 2.77 bits per heavy atom. The summed E-state index contributed by atoms with van der Waals surface area (Å²) in [6, 6.07) is 8.10. The molecule has 0 aromatic heterocycles. The Kier molecular flexibility index (Phi) is 6.41. The number of carbonyl (C=O) groups excluding carboxylic acids is 1. The fourth-order valence-electron chi connectivity index (χ4n) is 3.04. The first kappa shape index (κ1) is 17.4. The van der Waals surface area contributed by atoms with E-state index in [-0.39, 0.29) is 5.91 Å². The van der Waals surface area contributed by atoms with Gasteiger partial charge in [0, 0.05) is 45.0 Å². The molecule has 1 aliphatic heterocycles. The molecule has 1 aromatic carbocycles. The highest BCUT2D eigenvalue weighted by molar-refractivity contribution is 9.10. The zero-order chi connectivity index (χ0) is 16.0. The van der Waals surface area contributed by atoms with Crippen LogP contribution in [0.15, 0.2) is 28.7 Å². The monoisotopic (exact) mass is 369 g/mol. The van der Waals surface area contributed by atoms with Gasteiger partial charge < -0.3 is 14.4 Å². The standard InChI is InChI=1S/C17H24BrNO3/c1-19(9-4-10-21-2)16(20)17(7-11-22-12-8-17)14-5-3-6-15(18)13-14/h3,5-6,13H,4,7-12H2,1-2H3. The van der Waals surface area contributed by atoms with Crippen LogP contribution in [0, 0.1) is 0 Å². The van der Waals surface area contributed by atoms with Crippen molar-refractivity contribution in [3.05, 3.63) is 34.3 Å². The van der Waals surface area contributed by atoms with Crippen molar-refractivity contribution in [3.8, 4) is 0 Å². The molecule has 2 rings (SSSR count). The molecule has 0 spiro atoms. The van der Waals surface area contributed by atoms with Crippen LogP contribution in [0.1, 0.15) is 24.8 Å². The normalized spacial score (nSPS) is 17.2. The van der Waals surface area contributed by atoms with Crippen LogP contribution in [0.3, 0.4) is 0 Å². The predicted octanol–water partition coefficient (Wildman–Crippen LogP) is 2.99. The van der Waals surface area contributed by atoms with Crippen molar-refractivity contribution in [2.75, 3.05) is 40.5 Å². The molecular formula is C17H24BrNO3. The van der Waals surface area contributed by atoms with Gasteiger partial charge in [0.25, 0.3) is 0 Å². The fraction of sp³-hybridized carbons (Fsp3) is 0.588. The maximum Gasteiger partial charge on any atom is 0.233 e. The highest BCUT2D eigenvalue weighted by Crippen LogP contribution is 2.37. The van der Waals surface area contributed by atoms with Gasteiger partial charge in [0.05, 0.1) is 5.41 Å². The average molecular weight is 370 g/mol. The lowest BCUT2D eigenvalue weighted by Gasteiger charge is -2.39. The number of rotatable bonds is 6. The average Bonchev–Trinajstić information content (AvgIpc) is 2.55. The van der Waals surface area contributed by atoms with Gasteiger partial charge in [0.15, 0.2) is 0 Å². The van der Waals surface area contributed by atoms with E-state index < -0.39 is 5.41 Å². The topological polar surface area (TPSA) is 38.8 Å². The number of hydrogen-bond acceptors (Lipinski definition) is 3. The molecule has 1 saturated heterocycles. The van der Waals surface area contributed by atoms with E-state index in [0.29, 0.717) is 26.4 Å². The van der Waals surface area contributed by atoms with Crippen molar-refractivity contribution in [1.29, 1.82) is 0 Å². The number of likely N-dealkylation sites (N-methyl/N-ethyl adjacent to an activating group) is 1. The largest absolute Gasteiger partial charge is 0.385 e. The second-order valence-corrected chi connectivity index (χ2v) is 6.69. The molecule has 1 amide bonds. The van der Waals surface area contributed by atoms with Crippen molar-refractivity contribution in [1.82, 2.24) is 4.90 Å². The molecule has 122 valence electrons. The Hall–Kier alpha value is -0.910. The zero-order valence-electron chi connectivity index (χ0n) is 13.3. The molecule has 0 unspecified atom stereocenters. The van der Waals surface area contributed by atoms with E-state index in [4.69, 9.17) is 9.47 Å². The number of carbonyl (C=O) groups is 1. The van der Waals surface area contributed by atoms with Gasteiger partial charge in [-0.15, -0.1) is 0 Å². The first-order valence-corrected chi connectivity index (χ1v) is 8.48. The van der Waals surface area contributed by atoms with Gasteiger partial charge in [-0.25, -0.2) is 0 Å². The van der Waals surface area contributed by atoms with Gasteiger partial charge in [-0.2, -0.15) is 0 Å². The molecule has 0 N–H and O–H groups in total. The lowest BCUT2D eigenvalue weighted by molar-refractivity contribution is -0.140. The van der Waals surface area contributed by atoms with E-state index in [1.165, 1.54) is 0 Å². The molecule has 22 heavy (non-hydrogen) atoms. The minimum Gasteiger partial charge on any atom is -0.385 e. The number of amides is 1. The molecule has 5 heteroatoms. The van der Waals surface area contributed by atoms with Crippen LogP contribution in [0.4, 0.5) is 0 Å². The van der Waals surface area contributed by atoms with Crippen LogP contribution in [0.2, 0.25) is 0 Å². The summed E-state index contributed by atoms with van der Waals surface area (Å²) in [5.41, 5.74) is 0.609. The summed E-state index contributed by atoms with van der Waals surface area (Å²) >= 11 is 3.52. The molecule has 0 saturated carbocycles. The van der Waals surface area contributed by atoms with Crippen LogP contribution in [-0.2, 0) is 19.7 Å². The van der Waals surface area contributed by atoms with E-state index in [2.05, 4.69) is 28.1 Å². The minimum atomic E-state index is -0.468. The van der Waals surface area contributed by atoms with Gasteiger partial charge in [0.1, 0.15) is 0 Å². The maximum absolute atomic E-state index is 13.1. The summed E-state index contributed by atoms with van der Waals surface area (Å²) < 4.78 is 11.6. The number of hydrogen-bond donors (Lipinski definition) is 0. The van der Waals surface area contributed by atoms with Gasteiger partial charge in [-0.1, -0.05) is 28.1 Å². The van der Waals surface area contributed by atoms with E-state index in [1.807, 2.05) is 24.1 Å². The molecule has 1 aromatic rings. The van der Waals surface area contributed by atoms with Gasteiger partial charge in [0.2, 0.25) is 5.91 Å². The summed E-state index contributed by atoms with van der Waals surface area (Å²) in [4.78, 5) is 15.0. The quantitative estimate of drug-likeness (QED) is 0.723. The molecule has 1 heterocycles. The van der Waals surface area contributed by atoms with Crippen molar-refractivity contribution < 1.29 is 14.3 Å². The van der Waals surface area contributed by atoms with Crippen molar-refractivity contribution in [3.63, 3.8) is 0 Å². The second kappa shape index (κ2) is 8.09. The first-order chi connectivity index (χ1) is 10.6. The highest BCUT2D eigenvalue weighted by Gasteiger charge is 2.43. The van der Waals surface area contributed by atoms with Crippen LogP contribution < -0.4 is 0 Å². The summed E-state index contributed by atoms with van der Waals surface area (Å²) in [6.45, 7) is 2.64. The number of benzene rings is 1. The third-order valence-electron chi connectivity index (χ3n) is 4.32. The smallest absolute Gasteiger partial charge is 0.233 e. The molecule has 0 radical (unpaired) electrons. The van der Waals surface area contributed by atoms with Crippen molar-refractivity contribution in [2.24, 2.45) is 0 Å². The van der Waals surface area contributed by atoms with Gasteiger partial charge in [-0.3, -0.25) is 4.79 Å². The maximum atomic E-state index is 13.1. The Morgan fingerprint density at radius 1 is 1.41 bits per heavy atom. The Morgan fingerprint density at radius 2 is 2.14 bits per heavy atom. The Bertz CT molecular complexity index is 500. The van der Waals surface area contributed by atoms with Gasteiger partial charge >= 0.3 is 0 Å². The second-order valence-electron chi connectivity index (χ2n) is 5.78. The third kappa shape index (κ3) is 3.89. The van der Waals surface area contributed by atoms with E-state index in [0.717, 1.165) is 29.3 Å². The molecule has 0 bridgehead atoms. The molecule has 1 aliphatic rings. The number of halogens is 1. The molecule has 1 fully saturated rings. The fourth-order valence-corrected chi connectivity index (χ4v) is 3.44. The molecular weight excluding hydrogens is 346 g/mol. The van der Waals surface area contributed by atoms with E-state index >= 15 is 0 Å². The van der Waals surface area contributed by atoms with Gasteiger partial charge in [-0.05, 0) is 37.0 Å². The summed E-state index contributed by atoms with van der Waals surface area (Å²) in [7, 11) is 3.57. The van der Waals surface area contributed by atoms with Crippen LogP contribution >= 0.6 is 15.9 Å². The Balaban J connectivity index is 2.23.